The third-order valence-electron chi connectivity index (χ3n) is 3.35. The summed E-state index contributed by atoms with van der Waals surface area (Å²) in [6.07, 6.45) is 1.70. The van der Waals surface area contributed by atoms with Crippen LogP contribution < -0.4 is 0 Å². The molecule has 2 rings (SSSR count). The van der Waals surface area contributed by atoms with E-state index >= 15 is 0 Å². The maximum absolute atomic E-state index is 12.7. The Morgan fingerprint density at radius 2 is 1.79 bits per heavy atom. The van der Waals surface area contributed by atoms with Crippen molar-refractivity contribution in [2.45, 2.75) is 44.6 Å². The van der Waals surface area contributed by atoms with Crippen molar-refractivity contribution in [2.24, 2.45) is 0 Å². The van der Waals surface area contributed by atoms with E-state index in [1.54, 1.807) is 0 Å². The summed E-state index contributed by atoms with van der Waals surface area (Å²) < 4.78 is 26.8. The van der Waals surface area contributed by atoms with Crippen molar-refractivity contribution >= 4 is 10.0 Å². The van der Waals surface area contributed by atoms with Gasteiger partial charge >= 0.3 is 0 Å². The molecule has 1 aliphatic rings. The Morgan fingerprint density at radius 3 is 2.21 bits per heavy atom. The van der Waals surface area contributed by atoms with Gasteiger partial charge < -0.3 is 0 Å². The van der Waals surface area contributed by atoms with Gasteiger partial charge in [0.25, 0.3) is 0 Å². The Morgan fingerprint density at radius 1 is 1.26 bits per heavy atom. The number of nitrogens with zero attached hydrogens (tertiary/aromatic N) is 2. The Kier molecular flexibility index (Phi) is 3.66. The minimum absolute atomic E-state index is 0.00440. The molecule has 1 aromatic carbocycles. The first kappa shape index (κ1) is 14.0. The molecule has 0 saturated heterocycles. The van der Waals surface area contributed by atoms with Crippen molar-refractivity contribution in [2.75, 3.05) is 6.54 Å². The van der Waals surface area contributed by atoms with Crippen LogP contribution in [0.5, 0.6) is 0 Å². The topological polar surface area (TPSA) is 61.2 Å². The molecule has 0 unspecified atom stereocenters. The Balaban J connectivity index is 2.53. The van der Waals surface area contributed by atoms with Gasteiger partial charge in [-0.25, -0.2) is 8.42 Å². The van der Waals surface area contributed by atoms with Crippen LogP contribution in [0.15, 0.2) is 17.0 Å². The third-order valence-corrected chi connectivity index (χ3v) is 5.56. The maximum Gasteiger partial charge on any atom is 0.244 e. The zero-order valence-electron chi connectivity index (χ0n) is 11.5. The minimum Gasteiger partial charge on any atom is -0.207 e. The zero-order valence-corrected chi connectivity index (χ0v) is 12.3. The summed E-state index contributed by atoms with van der Waals surface area (Å²) in [5.74, 6) is 0. The molecule has 4 nitrogen and oxygen atoms in total. The second-order valence-electron chi connectivity index (χ2n) is 5.17. The average Bonchev–Trinajstić information content (AvgIpc) is 3.07. The fourth-order valence-electron chi connectivity index (χ4n) is 2.53. The van der Waals surface area contributed by atoms with Gasteiger partial charge in [-0.2, -0.15) is 9.57 Å². The van der Waals surface area contributed by atoms with Crippen LogP contribution in [0.4, 0.5) is 0 Å². The van der Waals surface area contributed by atoms with Gasteiger partial charge in [-0.15, -0.1) is 0 Å². The summed E-state index contributed by atoms with van der Waals surface area (Å²) in [5, 5.41) is 8.85. The van der Waals surface area contributed by atoms with Crippen molar-refractivity contribution in [3.05, 3.63) is 28.8 Å². The highest BCUT2D eigenvalue weighted by Gasteiger charge is 2.39. The Bertz CT molecular complexity index is 617. The van der Waals surface area contributed by atoms with Gasteiger partial charge in [0.2, 0.25) is 10.0 Å². The second kappa shape index (κ2) is 4.95. The van der Waals surface area contributed by atoms with E-state index in [2.05, 4.69) is 0 Å². The fraction of sp³-hybridized carbons (Fsp3) is 0.500. The molecule has 0 N–H and O–H groups in total. The van der Waals surface area contributed by atoms with Crippen LogP contribution in [-0.2, 0) is 10.0 Å². The highest BCUT2D eigenvalue weighted by atomic mass is 32.2. The molecule has 1 fully saturated rings. The number of nitriles is 1. The van der Waals surface area contributed by atoms with E-state index in [1.807, 2.05) is 39.0 Å². The van der Waals surface area contributed by atoms with Gasteiger partial charge in [0.15, 0.2) is 0 Å². The summed E-state index contributed by atoms with van der Waals surface area (Å²) in [6, 6.07) is 5.71. The van der Waals surface area contributed by atoms with Crippen molar-refractivity contribution in [3.63, 3.8) is 0 Å². The lowest BCUT2D eigenvalue weighted by Gasteiger charge is -2.21. The summed E-state index contributed by atoms with van der Waals surface area (Å²) in [7, 11) is -3.57. The summed E-state index contributed by atoms with van der Waals surface area (Å²) in [6.45, 7) is 5.50. The van der Waals surface area contributed by atoms with Gasteiger partial charge in [-0.1, -0.05) is 17.7 Å². The molecule has 0 aromatic heterocycles. The second-order valence-corrected chi connectivity index (χ2v) is 6.99. The third kappa shape index (κ3) is 2.65. The van der Waals surface area contributed by atoms with Crippen LogP contribution in [0.25, 0.3) is 0 Å². The van der Waals surface area contributed by atoms with Crippen molar-refractivity contribution in [1.29, 1.82) is 5.26 Å². The predicted molar refractivity (Wildman–Crippen MR) is 73.2 cm³/mol. The Labute approximate surface area is 114 Å². The van der Waals surface area contributed by atoms with E-state index in [0.29, 0.717) is 4.90 Å². The average molecular weight is 278 g/mol. The first-order valence-corrected chi connectivity index (χ1v) is 7.78. The lowest BCUT2D eigenvalue weighted by Crippen LogP contribution is -2.34. The number of benzene rings is 1. The summed E-state index contributed by atoms with van der Waals surface area (Å²) in [4.78, 5) is 0.361. The van der Waals surface area contributed by atoms with Gasteiger partial charge in [0.1, 0.15) is 6.54 Å². The molecule has 19 heavy (non-hydrogen) atoms. The minimum atomic E-state index is -3.57. The number of sulfonamides is 1. The van der Waals surface area contributed by atoms with Gasteiger partial charge in [0.05, 0.1) is 11.0 Å². The van der Waals surface area contributed by atoms with Gasteiger partial charge in [-0.3, -0.25) is 0 Å². The van der Waals surface area contributed by atoms with E-state index in [0.717, 1.165) is 29.5 Å². The molecule has 102 valence electrons. The van der Waals surface area contributed by atoms with Crippen LogP contribution in [0.3, 0.4) is 0 Å². The van der Waals surface area contributed by atoms with Crippen LogP contribution in [0, 0.1) is 32.1 Å². The molecule has 5 heteroatoms. The quantitative estimate of drug-likeness (QED) is 0.794. The molecule has 0 amide bonds. The normalized spacial score (nSPS) is 15.5. The lowest BCUT2D eigenvalue weighted by molar-refractivity contribution is 0.438. The molecule has 0 bridgehead atoms. The fourth-order valence-corrected chi connectivity index (χ4v) is 4.53. The van der Waals surface area contributed by atoms with E-state index in [-0.39, 0.29) is 12.6 Å². The number of hydrogen-bond acceptors (Lipinski definition) is 3. The molecule has 1 aromatic rings. The van der Waals surface area contributed by atoms with Crippen LogP contribution in [0.1, 0.15) is 29.5 Å². The first-order chi connectivity index (χ1) is 8.87. The summed E-state index contributed by atoms with van der Waals surface area (Å²) in [5.41, 5.74) is 2.55. The van der Waals surface area contributed by atoms with Crippen molar-refractivity contribution < 1.29 is 8.42 Å². The number of aryl methyl sites for hydroxylation is 3. The largest absolute Gasteiger partial charge is 0.244 e. The summed E-state index contributed by atoms with van der Waals surface area (Å²) >= 11 is 0. The van der Waals surface area contributed by atoms with Gasteiger partial charge in [-0.05, 0) is 44.7 Å². The van der Waals surface area contributed by atoms with Crippen LogP contribution >= 0.6 is 0 Å². The first-order valence-electron chi connectivity index (χ1n) is 6.34. The predicted octanol–water partition coefficient (Wildman–Crippen LogP) is 2.29. The molecular weight excluding hydrogens is 260 g/mol. The van der Waals surface area contributed by atoms with E-state index in [4.69, 9.17) is 5.26 Å². The molecule has 1 saturated carbocycles. The Hall–Kier alpha value is -1.38. The maximum atomic E-state index is 12.7. The van der Waals surface area contributed by atoms with Crippen LogP contribution in [-0.4, -0.2) is 25.3 Å². The zero-order chi connectivity index (χ0) is 14.2. The monoisotopic (exact) mass is 278 g/mol. The molecule has 0 spiro atoms. The number of rotatable bonds is 4. The van der Waals surface area contributed by atoms with E-state index in [9.17, 15) is 8.42 Å². The molecule has 0 heterocycles. The molecule has 0 aliphatic heterocycles. The smallest absolute Gasteiger partial charge is 0.207 e. The number of hydrogen-bond donors (Lipinski definition) is 0. The van der Waals surface area contributed by atoms with Gasteiger partial charge in [0, 0.05) is 6.04 Å². The molecule has 1 aliphatic carbocycles. The van der Waals surface area contributed by atoms with Crippen molar-refractivity contribution in [3.8, 4) is 6.07 Å². The molecule has 0 radical (unpaired) electrons. The molecular formula is C14H18N2O2S. The SMILES string of the molecule is Cc1cc(C)c(S(=O)(=O)N(CC#N)C2CC2)c(C)c1. The highest BCUT2D eigenvalue weighted by Crippen LogP contribution is 2.34. The lowest BCUT2D eigenvalue weighted by atomic mass is 10.1. The standard InChI is InChI=1S/C14H18N2O2S/c1-10-8-11(2)14(12(3)9-10)19(17,18)16(7-6-15)13-4-5-13/h8-9,13H,4-5,7H2,1-3H3. The molecule has 0 atom stereocenters. The van der Waals surface area contributed by atoms with E-state index < -0.39 is 10.0 Å². The highest BCUT2D eigenvalue weighted by molar-refractivity contribution is 7.89. The van der Waals surface area contributed by atoms with Crippen molar-refractivity contribution in [1.82, 2.24) is 4.31 Å². The van der Waals surface area contributed by atoms with Crippen LogP contribution in [0.2, 0.25) is 0 Å². The van der Waals surface area contributed by atoms with E-state index in [1.165, 1.54) is 4.31 Å².